The molecule has 0 amide bonds. The van der Waals surface area contributed by atoms with Gasteiger partial charge in [-0.2, -0.15) is 0 Å². The molecule has 0 radical (unpaired) electrons. The number of methoxy groups -OCH3 is 1. The molecule has 0 aliphatic rings. The summed E-state index contributed by atoms with van der Waals surface area (Å²) in [4.78, 5) is 0. The van der Waals surface area contributed by atoms with Gasteiger partial charge < -0.3 is 14.8 Å². The summed E-state index contributed by atoms with van der Waals surface area (Å²) < 4.78 is 12.7. The maximum atomic E-state index is 5.58. The van der Waals surface area contributed by atoms with E-state index in [9.17, 15) is 0 Å². The van der Waals surface area contributed by atoms with Gasteiger partial charge in [0, 0.05) is 18.3 Å². The van der Waals surface area contributed by atoms with E-state index in [1.54, 1.807) is 7.11 Å². The lowest BCUT2D eigenvalue weighted by atomic mass is 10.2. The van der Waals surface area contributed by atoms with Crippen LogP contribution in [0.15, 0.2) is 45.3 Å². The summed E-state index contributed by atoms with van der Waals surface area (Å²) in [6.07, 6.45) is 0. The van der Waals surface area contributed by atoms with Crippen molar-refractivity contribution < 1.29 is 9.47 Å². The number of benzene rings is 2. The van der Waals surface area contributed by atoms with Gasteiger partial charge in [0.15, 0.2) is 0 Å². The van der Waals surface area contributed by atoms with E-state index >= 15 is 0 Å². The fourth-order valence-corrected chi connectivity index (χ4v) is 3.44. The van der Waals surface area contributed by atoms with Gasteiger partial charge in [0.2, 0.25) is 0 Å². The van der Waals surface area contributed by atoms with Crippen LogP contribution in [-0.2, 0) is 6.54 Å². The van der Waals surface area contributed by atoms with Crippen LogP contribution in [0.5, 0.6) is 11.5 Å². The van der Waals surface area contributed by atoms with Crippen LogP contribution in [0.1, 0.15) is 12.5 Å². The molecule has 2 aromatic rings. The largest absolute Gasteiger partial charge is 0.497 e. The van der Waals surface area contributed by atoms with Gasteiger partial charge in [0.1, 0.15) is 11.5 Å². The van der Waals surface area contributed by atoms with E-state index in [-0.39, 0.29) is 0 Å². The van der Waals surface area contributed by atoms with Crippen molar-refractivity contribution in [3.8, 4) is 11.5 Å². The van der Waals surface area contributed by atoms with E-state index in [1.165, 1.54) is 0 Å². The number of halogens is 2. The molecule has 2 rings (SSSR count). The number of rotatable bonds is 6. The van der Waals surface area contributed by atoms with Gasteiger partial charge in [0.05, 0.1) is 22.7 Å². The zero-order valence-electron chi connectivity index (χ0n) is 12.0. The van der Waals surface area contributed by atoms with Crippen LogP contribution in [0.3, 0.4) is 0 Å². The molecule has 0 aliphatic heterocycles. The van der Waals surface area contributed by atoms with E-state index in [1.807, 2.05) is 31.2 Å². The Morgan fingerprint density at radius 1 is 1.10 bits per heavy atom. The van der Waals surface area contributed by atoms with E-state index in [4.69, 9.17) is 9.47 Å². The molecule has 0 bridgehead atoms. The number of hydrogen-bond acceptors (Lipinski definition) is 3. The Bertz CT molecular complexity index is 594. The summed E-state index contributed by atoms with van der Waals surface area (Å²) in [6, 6.07) is 12.0. The van der Waals surface area contributed by atoms with Crippen LogP contribution in [0.4, 0.5) is 5.69 Å². The molecular formula is C16H17Br2NO2. The van der Waals surface area contributed by atoms with Crippen molar-refractivity contribution in [2.45, 2.75) is 13.5 Å². The second kappa shape index (κ2) is 7.71. The highest BCUT2D eigenvalue weighted by molar-refractivity contribution is 9.11. The van der Waals surface area contributed by atoms with Gasteiger partial charge in [0.25, 0.3) is 0 Å². The molecule has 112 valence electrons. The van der Waals surface area contributed by atoms with Gasteiger partial charge in [-0.05, 0) is 68.6 Å². The monoisotopic (exact) mass is 413 g/mol. The van der Waals surface area contributed by atoms with Crippen molar-refractivity contribution in [1.82, 2.24) is 0 Å². The Labute approximate surface area is 141 Å². The number of nitrogens with one attached hydrogen (secondary N) is 1. The molecular weight excluding hydrogens is 398 g/mol. The second-order valence-corrected chi connectivity index (χ2v) is 6.12. The van der Waals surface area contributed by atoms with Crippen molar-refractivity contribution in [2.75, 3.05) is 19.0 Å². The normalized spacial score (nSPS) is 10.3. The number of anilines is 1. The molecule has 0 aliphatic carbocycles. The average molecular weight is 415 g/mol. The minimum atomic E-state index is 0.638. The average Bonchev–Trinajstić information content (AvgIpc) is 2.49. The zero-order chi connectivity index (χ0) is 15.2. The number of ether oxygens (including phenoxy) is 2. The molecule has 0 saturated carbocycles. The summed E-state index contributed by atoms with van der Waals surface area (Å²) in [5, 5.41) is 3.38. The first kappa shape index (κ1) is 16.2. The van der Waals surface area contributed by atoms with E-state index < -0.39 is 0 Å². The predicted molar refractivity (Wildman–Crippen MR) is 93.3 cm³/mol. The van der Waals surface area contributed by atoms with Crippen molar-refractivity contribution >= 4 is 37.5 Å². The maximum Gasteiger partial charge on any atom is 0.147 e. The lowest BCUT2D eigenvalue weighted by Gasteiger charge is -2.12. The van der Waals surface area contributed by atoms with E-state index in [2.05, 4.69) is 49.3 Å². The highest BCUT2D eigenvalue weighted by Gasteiger charge is 2.08. The lowest BCUT2D eigenvalue weighted by Crippen LogP contribution is -2.01. The van der Waals surface area contributed by atoms with Crippen LogP contribution in [0.25, 0.3) is 0 Å². The summed E-state index contributed by atoms with van der Waals surface area (Å²) in [5.74, 6) is 1.68. The fraction of sp³-hybridized carbons (Fsp3) is 0.250. The fourth-order valence-electron chi connectivity index (χ4n) is 1.93. The molecule has 0 heterocycles. The Kier molecular flexibility index (Phi) is 5.94. The zero-order valence-corrected chi connectivity index (χ0v) is 15.1. The number of hydrogen-bond donors (Lipinski definition) is 1. The SMILES string of the molecule is CCOc1c(Br)cc(CNc2cccc(OC)c2)cc1Br. The topological polar surface area (TPSA) is 30.5 Å². The van der Waals surface area contributed by atoms with Gasteiger partial charge >= 0.3 is 0 Å². The smallest absolute Gasteiger partial charge is 0.147 e. The maximum absolute atomic E-state index is 5.58. The molecule has 0 unspecified atom stereocenters. The third kappa shape index (κ3) is 4.38. The van der Waals surface area contributed by atoms with Crippen LogP contribution in [0, 0.1) is 0 Å². The Balaban J connectivity index is 2.09. The molecule has 5 heteroatoms. The second-order valence-electron chi connectivity index (χ2n) is 4.41. The van der Waals surface area contributed by atoms with Crippen LogP contribution < -0.4 is 14.8 Å². The first-order chi connectivity index (χ1) is 10.1. The lowest BCUT2D eigenvalue weighted by molar-refractivity contribution is 0.336. The van der Waals surface area contributed by atoms with Crippen molar-refractivity contribution in [3.63, 3.8) is 0 Å². The van der Waals surface area contributed by atoms with Gasteiger partial charge in [-0.3, -0.25) is 0 Å². The summed E-state index contributed by atoms with van der Waals surface area (Å²) in [7, 11) is 1.67. The van der Waals surface area contributed by atoms with Crippen LogP contribution in [0.2, 0.25) is 0 Å². The summed E-state index contributed by atoms with van der Waals surface area (Å²) >= 11 is 7.09. The van der Waals surface area contributed by atoms with Crippen LogP contribution >= 0.6 is 31.9 Å². The Morgan fingerprint density at radius 3 is 2.43 bits per heavy atom. The predicted octanol–water partition coefficient (Wildman–Crippen LogP) is 5.23. The summed E-state index contributed by atoms with van der Waals surface area (Å²) in [6.45, 7) is 3.33. The molecule has 2 aromatic carbocycles. The van der Waals surface area contributed by atoms with Crippen LogP contribution in [-0.4, -0.2) is 13.7 Å². The molecule has 3 nitrogen and oxygen atoms in total. The first-order valence-electron chi connectivity index (χ1n) is 6.62. The third-order valence-electron chi connectivity index (χ3n) is 2.91. The highest BCUT2D eigenvalue weighted by Crippen LogP contribution is 2.35. The van der Waals surface area contributed by atoms with Crippen molar-refractivity contribution in [2.24, 2.45) is 0 Å². The van der Waals surface area contributed by atoms with Gasteiger partial charge in [-0.15, -0.1) is 0 Å². The molecule has 0 aromatic heterocycles. The molecule has 0 fully saturated rings. The molecule has 21 heavy (non-hydrogen) atoms. The summed E-state index contributed by atoms with van der Waals surface area (Å²) in [5.41, 5.74) is 2.18. The molecule has 0 spiro atoms. The molecule has 0 atom stereocenters. The third-order valence-corrected chi connectivity index (χ3v) is 4.09. The minimum absolute atomic E-state index is 0.638. The van der Waals surface area contributed by atoms with Crippen molar-refractivity contribution in [1.29, 1.82) is 0 Å². The van der Waals surface area contributed by atoms with E-state index in [0.717, 1.165) is 38.2 Å². The van der Waals surface area contributed by atoms with Gasteiger partial charge in [-0.1, -0.05) is 6.07 Å². The quantitative estimate of drug-likeness (QED) is 0.701. The molecule has 1 N–H and O–H groups in total. The van der Waals surface area contributed by atoms with E-state index in [0.29, 0.717) is 6.61 Å². The first-order valence-corrected chi connectivity index (χ1v) is 8.21. The van der Waals surface area contributed by atoms with Gasteiger partial charge in [-0.25, -0.2) is 0 Å². The standard InChI is InChI=1S/C16H17Br2NO2/c1-3-21-16-14(17)7-11(8-15(16)18)10-19-12-5-4-6-13(9-12)20-2/h4-9,19H,3,10H2,1-2H3. The Morgan fingerprint density at radius 2 is 1.81 bits per heavy atom. The molecule has 0 saturated heterocycles. The van der Waals surface area contributed by atoms with Crippen molar-refractivity contribution in [3.05, 3.63) is 50.9 Å². The Hall–Kier alpha value is -1.20. The minimum Gasteiger partial charge on any atom is -0.497 e. The highest BCUT2D eigenvalue weighted by atomic mass is 79.9.